The Hall–Kier alpha value is -1.55. The molecule has 0 aromatic carbocycles. The Balaban J connectivity index is 1.54. The van der Waals surface area contributed by atoms with E-state index in [2.05, 4.69) is 21.8 Å². The molecular formula is C13H19N3O. The minimum Gasteiger partial charge on any atom is -0.468 e. The molecule has 4 heteroatoms. The number of aromatic nitrogens is 2. The summed E-state index contributed by atoms with van der Waals surface area (Å²) in [7, 11) is 0. The van der Waals surface area contributed by atoms with Gasteiger partial charge in [0.1, 0.15) is 5.76 Å². The first-order valence-electron chi connectivity index (χ1n) is 6.05. The van der Waals surface area contributed by atoms with Crippen molar-refractivity contribution in [2.45, 2.75) is 32.9 Å². The van der Waals surface area contributed by atoms with Gasteiger partial charge in [-0.25, -0.2) is 4.98 Å². The number of hydrogen-bond donors (Lipinski definition) is 1. The van der Waals surface area contributed by atoms with E-state index in [1.807, 2.05) is 24.8 Å². The van der Waals surface area contributed by atoms with Gasteiger partial charge in [0.05, 0.1) is 19.1 Å². The topological polar surface area (TPSA) is 43.0 Å². The first-order valence-corrected chi connectivity index (χ1v) is 6.05. The molecule has 2 rings (SSSR count). The third-order valence-electron chi connectivity index (χ3n) is 2.83. The van der Waals surface area contributed by atoms with Crippen LogP contribution in [0.4, 0.5) is 0 Å². The molecule has 0 saturated heterocycles. The normalized spacial score (nSPS) is 10.9. The van der Waals surface area contributed by atoms with Crippen molar-refractivity contribution in [2.75, 3.05) is 6.54 Å². The molecule has 1 N–H and O–H groups in total. The van der Waals surface area contributed by atoms with Gasteiger partial charge in [0, 0.05) is 18.9 Å². The van der Waals surface area contributed by atoms with Crippen LogP contribution in [0.3, 0.4) is 0 Å². The fraction of sp³-hybridized carbons (Fsp3) is 0.462. The third-order valence-corrected chi connectivity index (χ3v) is 2.83. The number of unbranched alkanes of at least 4 members (excludes halogenated alkanes) is 1. The van der Waals surface area contributed by atoms with Crippen LogP contribution in [0, 0.1) is 6.92 Å². The van der Waals surface area contributed by atoms with Crippen LogP contribution >= 0.6 is 0 Å². The lowest BCUT2D eigenvalue weighted by atomic mass is 10.2. The number of hydrogen-bond acceptors (Lipinski definition) is 3. The van der Waals surface area contributed by atoms with Gasteiger partial charge in [0.2, 0.25) is 0 Å². The van der Waals surface area contributed by atoms with E-state index in [9.17, 15) is 0 Å². The highest BCUT2D eigenvalue weighted by Gasteiger charge is 2.00. The molecule has 0 unspecified atom stereocenters. The van der Waals surface area contributed by atoms with Gasteiger partial charge in [-0.3, -0.25) is 0 Å². The Morgan fingerprint density at radius 3 is 3.06 bits per heavy atom. The second-order valence-electron chi connectivity index (χ2n) is 4.21. The van der Waals surface area contributed by atoms with Crippen molar-refractivity contribution in [2.24, 2.45) is 0 Å². The van der Waals surface area contributed by atoms with Crippen LogP contribution in [0.1, 0.15) is 24.2 Å². The summed E-state index contributed by atoms with van der Waals surface area (Å²) in [5, 5.41) is 3.39. The Morgan fingerprint density at radius 2 is 2.35 bits per heavy atom. The van der Waals surface area contributed by atoms with E-state index in [1.54, 1.807) is 6.26 Å². The van der Waals surface area contributed by atoms with Gasteiger partial charge in [0.15, 0.2) is 0 Å². The molecule has 0 atom stereocenters. The SMILES string of the molecule is Cc1ccoc1CNCCCCn1ccnc1. The van der Waals surface area contributed by atoms with Gasteiger partial charge in [-0.15, -0.1) is 0 Å². The highest BCUT2D eigenvalue weighted by Crippen LogP contribution is 2.07. The molecule has 92 valence electrons. The predicted octanol–water partition coefficient (Wildman–Crippen LogP) is 2.35. The number of imidazole rings is 1. The maximum atomic E-state index is 5.35. The van der Waals surface area contributed by atoms with E-state index in [4.69, 9.17) is 4.42 Å². The molecule has 2 aromatic rings. The molecule has 2 heterocycles. The van der Waals surface area contributed by atoms with Crippen molar-refractivity contribution in [3.05, 3.63) is 42.4 Å². The van der Waals surface area contributed by atoms with Gasteiger partial charge in [-0.2, -0.15) is 0 Å². The second-order valence-corrected chi connectivity index (χ2v) is 4.21. The Bertz CT molecular complexity index is 420. The monoisotopic (exact) mass is 233 g/mol. The Labute approximate surface area is 102 Å². The Kier molecular flexibility index (Phi) is 4.38. The predicted molar refractivity (Wildman–Crippen MR) is 66.6 cm³/mol. The molecule has 0 spiro atoms. The number of aryl methyl sites for hydroxylation is 2. The lowest BCUT2D eigenvalue weighted by Crippen LogP contribution is -2.15. The van der Waals surface area contributed by atoms with Crippen LogP contribution in [-0.2, 0) is 13.1 Å². The minimum atomic E-state index is 0.823. The van der Waals surface area contributed by atoms with Crippen LogP contribution in [0.25, 0.3) is 0 Å². The zero-order valence-corrected chi connectivity index (χ0v) is 10.2. The quantitative estimate of drug-likeness (QED) is 0.746. The maximum absolute atomic E-state index is 5.35. The van der Waals surface area contributed by atoms with E-state index in [-0.39, 0.29) is 0 Å². The van der Waals surface area contributed by atoms with Crippen molar-refractivity contribution < 1.29 is 4.42 Å². The molecule has 0 saturated carbocycles. The fourth-order valence-corrected chi connectivity index (χ4v) is 1.75. The average molecular weight is 233 g/mol. The highest BCUT2D eigenvalue weighted by molar-refractivity contribution is 5.13. The van der Waals surface area contributed by atoms with Gasteiger partial charge in [-0.05, 0) is 37.9 Å². The van der Waals surface area contributed by atoms with E-state index in [0.717, 1.165) is 31.8 Å². The van der Waals surface area contributed by atoms with Gasteiger partial charge >= 0.3 is 0 Å². The molecule has 0 radical (unpaired) electrons. The standard InChI is InChI=1S/C13H19N3O/c1-12-4-9-17-13(12)10-14-5-2-3-7-16-8-6-15-11-16/h4,6,8-9,11,14H,2-3,5,7,10H2,1H3. The van der Waals surface area contributed by atoms with Crippen molar-refractivity contribution in [1.82, 2.24) is 14.9 Å². The smallest absolute Gasteiger partial charge is 0.120 e. The largest absolute Gasteiger partial charge is 0.468 e. The summed E-state index contributed by atoms with van der Waals surface area (Å²) < 4.78 is 7.46. The number of rotatable bonds is 7. The zero-order valence-electron chi connectivity index (χ0n) is 10.2. The molecule has 0 aliphatic carbocycles. The van der Waals surface area contributed by atoms with E-state index in [1.165, 1.54) is 12.0 Å². The van der Waals surface area contributed by atoms with Crippen molar-refractivity contribution in [3.63, 3.8) is 0 Å². The van der Waals surface area contributed by atoms with Gasteiger partial charge < -0.3 is 14.3 Å². The summed E-state index contributed by atoms with van der Waals surface area (Å²) in [6.07, 6.45) is 9.75. The second kappa shape index (κ2) is 6.25. The zero-order chi connectivity index (χ0) is 11.9. The maximum Gasteiger partial charge on any atom is 0.120 e. The van der Waals surface area contributed by atoms with Gasteiger partial charge in [-0.1, -0.05) is 0 Å². The summed E-state index contributed by atoms with van der Waals surface area (Å²) in [4.78, 5) is 4.02. The summed E-state index contributed by atoms with van der Waals surface area (Å²) in [5.74, 6) is 1.04. The molecule has 17 heavy (non-hydrogen) atoms. The van der Waals surface area contributed by atoms with Crippen molar-refractivity contribution >= 4 is 0 Å². The lowest BCUT2D eigenvalue weighted by Gasteiger charge is -2.04. The number of nitrogens with one attached hydrogen (secondary N) is 1. The fourth-order valence-electron chi connectivity index (χ4n) is 1.75. The summed E-state index contributed by atoms with van der Waals surface area (Å²) >= 11 is 0. The number of furan rings is 1. The molecule has 0 aliphatic rings. The van der Waals surface area contributed by atoms with E-state index in [0.29, 0.717) is 0 Å². The molecule has 0 fully saturated rings. The highest BCUT2D eigenvalue weighted by atomic mass is 16.3. The van der Waals surface area contributed by atoms with Crippen LogP contribution in [-0.4, -0.2) is 16.1 Å². The summed E-state index contributed by atoms with van der Waals surface area (Å²) in [6, 6.07) is 2.00. The molecule has 4 nitrogen and oxygen atoms in total. The molecule has 0 aliphatic heterocycles. The molecular weight excluding hydrogens is 214 g/mol. The molecule has 0 amide bonds. The van der Waals surface area contributed by atoms with Crippen molar-refractivity contribution in [3.8, 4) is 0 Å². The number of nitrogens with zero attached hydrogens (tertiary/aromatic N) is 2. The van der Waals surface area contributed by atoms with Crippen molar-refractivity contribution in [1.29, 1.82) is 0 Å². The van der Waals surface area contributed by atoms with Crippen LogP contribution in [0.2, 0.25) is 0 Å². The molecule has 2 aromatic heterocycles. The lowest BCUT2D eigenvalue weighted by molar-refractivity contribution is 0.473. The van der Waals surface area contributed by atoms with Crippen LogP contribution in [0.5, 0.6) is 0 Å². The van der Waals surface area contributed by atoms with Gasteiger partial charge in [0.25, 0.3) is 0 Å². The van der Waals surface area contributed by atoms with Crippen LogP contribution in [0.15, 0.2) is 35.5 Å². The Morgan fingerprint density at radius 1 is 1.41 bits per heavy atom. The average Bonchev–Trinajstić information content (AvgIpc) is 2.95. The minimum absolute atomic E-state index is 0.823. The summed E-state index contributed by atoms with van der Waals surface area (Å²) in [6.45, 7) is 4.96. The van der Waals surface area contributed by atoms with E-state index < -0.39 is 0 Å². The first kappa shape index (κ1) is 11.9. The summed E-state index contributed by atoms with van der Waals surface area (Å²) in [5.41, 5.74) is 1.22. The van der Waals surface area contributed by atoms with E-state index >= 15 is 0 Å². The first-order chi connectivity index (χ1) is 8.36. The van der Waals surface area contributed by atoms with Crippen LogP contribution < -0.4 is 5.32 Å². The molecule has 0 bridgehead atoms. The third kappa shape index (κ3) is 3.75.